The van der Waals surface area contributed by atoms with Gasteiger partial charge in [-0.25, -0.2) is 14.4 Å². The lowest BCUT2D eigenvalue weighted by atomic mass is 10.0. The van der Waals surface area contributed by atoms with Gasteiger partial charge < -0.3 is 15.0 Å². The second kappa shape index (κ2) is 9.18. The number of hydrogen-bond acceptors (Lipinski definition) is 7. The third-order valence-corrected chi connectivity index (χ3v) is 6.72. The van der Waals surface area contributed by atoms with Crippen molar-refractivity contribution in [1.29, 1.82) is 0 Å². The molecule has 0 radical (unpaired) electrons. The minimum Gasteiger partial charge on any atom is -0.383 e. The molecular weight excluding hydrogens is 439 g/mol. The molecule has 0 unspecified atom stereocenters. The number of carbonyl (C=O) groups excluding carboxylic acids is 1. The van der Waals surface area contributed by atoms with Gasteiger partial charge in [0.15, 0.2) is 11.6 Å². The minimum absolute atomic E-state index is 0.166. The van der Waals surface area contributed by atoms with E-state index >= 15 is 4.39 Å². The fraction of sp³-hybridized carbons (Fsp3) is 0.350. The van der Waals surface area contributed by atoms with Gasteiger partial charge in [-0.2, -0.15) is 12.7 Å². The van der Waals surface area contributed by atoms with Gasteiger partial charge in [0.2, 0.25) is 0 Å². The molecule has 1 saturated heterocycles. The van der Waals surface area contributed by atoms with Crippen LogP contribution in [0.4, 0.5) is 15.9 Å². The first-order valence-electron chi connectivity index (χ1n) is 10.1. The molecule has 0 spiro atoms. The lowest BCUT2D eigenvalue weighted by Gasteiger charge is -2.17. The van der Waals surface area contributed by atoms with Gasteiger partial charge in [-0.15, -0.1) is 0 Å². The number of ketones is 1. The Morgan fingerprint density at radius 3 is 2.78 bits per heavy atom. The third kappa shape index (κ3) is 4.29. The molecule has 170 valence electrons. The van der Waals surface area contributed by atoms with E-state index in [9.17, 15) is 13.2 Å². The summed E-state index contributed by atoms with van der Waals surface area (Å²) in [6.45, 7) is 1.63. The number of carbonyl (C=O) groups is 1. The van der Waals surface area contributed by atoms with Gasteiger partial charge in [-0.1, -0.05) is 6.07 Å². The number of halogens is 1. The van der Waals surface area contributed by atoms with Gasteiger partial charge in [-0.3, -0.25) is 9.52 Å². The Kier molecular flexibility index (Phi) is 6.35. The Morgan fingerprint density at radius 2 is 2.03 bits per heavy atom. The maximum atomic E-state index is 15.2. The smallest absolute Gasteiger partial charge is 0.301 e. The Morgan fingerprint density at radius 1 is 1.25 bits per heavy atom. The van der Waals surface area contributed by atoms with Crippen LogP contribution in [0.25, 0.3) is 11.0 Å². The fourth-order valence-corrected chi connectivity index (χ4v) is 4.91. The summed E-state index contributed by atoms with van der Waals surface area (Å²) in [7, 11) is -2.34. The monoisotopic (exact) mass is 462 g/mol. The molecular formula is C20H23FN6O4S. The summed E-state index contributed by atoms with van der Waals surface area (Å²) in [4.78, 5) is 24.4. The molecule has 0 saturated carbocycles. The van der Waals surface area contributed by atoms with Crippen LogP contribution in [0.5, 0.6) is 0 Å². The third-order valence-electron chi connectivity index (χ3n) is 5.20. The highest BCUT2D eigenvalue weighted by Gasteiger charge is 2.28. The summed E-state index contributed by atoms with van der Waals surface area (Å²) in [5.41, 5.74) is 0.0324. The maximum absolute atomic E-state index is 15.2. The molecule has 1 fully saturated rings. The van der Waals surface area contributed by atoms with Crippen molar-refractivity contribution in [2.24, 2.45) is 0 Å². The summed E-state index contributed by atoms with van der Waals surface area (Å²) < 4.78 is 48.8. The summed E-state index contributed by atoms with van der Waals surface area (Å²) in [6, 6.07) is 4.03. The van der Waals surface area contributed by atoms with Crippen LogP contribution in [0.3, 0.4) is 0 Å². The van der Waals surface area contributed by atoms with Crippen molar-refractivity contribution in [1.82, 2.24) is 19.3 Å². The van der Waals surface area contributed by atoms with E-state index < -0.39 is 21.8 Å². The first-order chi connectivity index (χ1) is 15.4. The van der Waals surface area contributed by atoms with Crippen molar-refractivity contribution in [3.05, 3.63) is 47.7 Å². The highest BCUT2D eigenvalue weighted by molar-refractivity contribution is 7.90. The number of aromatic nitrogens is 3. The second-order valence-electron chi connectivity index (χ2n) is 7.28. The van der Waals surface area contributed by atoms with Crippen molar-refractivity contribution in [2.75, 3.05) is 43.4 Å². The van der Waals surface area contributed by atoms with E-state index in [1.54, 1.807) is 7.11 Å². The van der Waals surface area contributed by atoms with Crippen LogP contribution in [-0.2, 0) is 14.9 Å². The number of aromatic amines is 1. The van der Waals surface area contributed by atoms with E-state index in [4.69, 9.17) is 4.74 Å². The molecule has 32 heavy (non-hydrogen) atoms. The zero-order chi connectivity index (χ0) is 22.7. The molecule has 1 aliphatic rings. The van der Waals surface area contributed by atoms with E-state index in [1.807, 2.05) is 0 Å². The molecule has 0 bridgehead atoms. The van der Waals surface area contributed by atoms with E-state index in [-0.39, 0.29) is 16.8 Å². The Hall–Kier alpha value is -3.09. The fourth-order valence-electron chi connectivity index (χ4n) is 3.61. The van der Waals surface area contributed by atoms with Crippen molar-refractivity contribution < 1.29 is 22.3 Å². The molecule has 0 atom stereocenters. The first-order valence-corrected chi connectivity index (χ1v) is 11.5. The normalized spacial score (nSPS) is 14.7. The van der Waals surface area contributed by atoms with Gasteiger partial charge in [0.25, 0.3) is 0 Å². The Bertz CT molecular complexity index is 1240. The van der Waals surface area contributed by atoms with Gasteiger partial charge in [0.1, 0.15) is 17.8 Å². The standard InChI is InChI=1S/C20H23FN6O4S/c1-31-10-7-22-19-16-14(11-23-20(16)25-12-24-19)18(28)13-5-4-6-15(17(13)21)26-32(29,30)27-8-2-3-9-27/h4-6,11-12,26H,2-3,7-10H2,1H3,(H2,22,23,24,25). The van der Waals surface area contributed by atoms with Crippen molar-refractivity contribution in [3.8, 4) is 0 Å². The predicted molar refractivity (Wildman–Crippen MR) is 117 cm³/mol. The number of fused-ring (bicyclic) bond motifs is 1. The SMILES string of the molecule is COCCNc1ncnc2[nH]cc(C(=O)c3cccc(NS(=O)(=O)N4CCCC4)c3F)c12. The number of nitrogens with one attached hydrogen (secondary N) is 3. The molecule has 4 rings (SSSR count). The molecule has 10 nitrogen and oxygen atoms in total. The quantitative estimate of drug-likeness (QED) is 0.328. The van der Waals surface area contributed by atoms with Crippen LogP contribution in [0.15, 0.2) is 30.7 Å². The van der Waals surface area contributed by atoms with E-state index in [1.165, 1.54) is 35.0 Å². The van der Waals surface area contributed by atoms with Crippen LogP contribution in [-0.4, -0.2) is 66.8 Å². The lowest BCUT2D eigenvalue weighted by Crippen LogP contribution is -2.33. The van der Waals surface area contributed by atoms with E-state index in [0.29, 0.717) is 43.1 Å². The van der Waals surface area contributed by atoms with Crippen LogP contribution < -0.4 is 10.0 Å². The topological polar surface area (TPSA) is 129 Å². The first kappa shape index (κ1) is 22.1. The Balaban J connectivity index is 1.67. The average molecular weight is 463 g/mol. The maximum Gasteiger partial charge on any atom is 0.301 e. The number of benzene rings is 1. The number of methoxy groups -OCH3 is 1. The molecule has 3 N–H and O–H groups in total. The molecule has 1 aromatic carbocycles. The zero-order valence-corrected chi connectivity index (χ0v) is 18.2. The van der Waals surface area contributed by atoms with Crippen LogP contribution >= 0.6 is 0 Å². The second-order valence-corrected chi connectivity index (χ2v) is 8.95. The number of nitrogens with zero attached hydrogens (tertiary/aromatic N) is 3. The Labute approximate surface area is 184 Å². The van der Waals surface area contributed by atoms with Gasteiger partial charge in [0.05, 0.1) is 28.8 Å². The molecule has 12 heteroatoms. The molecule has 0 amide bonds. The number of H-pyrrole nitrogens is 1. The summed E-state index contributed by atoms with van der Waals surface area (Å²) in [5, 5.41) is 3.48. The molecule has 3 aromatic rings. The minimum atomic E-state index is -3.90. The van der Waals surface area contributed by atoms with Gasteiger partial charge in [0, 0.05) is 32.9 Å². The molecule has 1 aliphatic heterocycles. The predicted octanol–water partition coefficient (Wildman–Crippen LogP) is 2.14. The number of hydrogen-bond donors (Lipinski definition) is 3. The zero-order valence-electron chi connectivity index (χ0n) is 17.4. The highest BCUT2D eigenvalue weighted by Crippen LogP contribution is 2.28. The van der Waals surface area contributed by atoms with E-state index in [2.05, 4.69) is 25.0 Å². The summed E-state index contributed by atoms with van der Waals surface area (Å²) >= 11 is 0. The van der Waals surface area contributed by atoms with Crippen LogP contribution in [0.2, 0.25) is 0 Å². The molecule has 2 aromatic heterocycles. The molecule has 3 heterocycles. The highest BCUT2D eigenvalue weighted by atomic mass is 32.2. The van der Waals surface area contributed by atoms with Gasteiger partial charge in [-0.05, 0) is 25.0 Å². The lowest BCUT2D eigenvalue weighted by molar-refractivity contribution is 0.103. The van der Waals surface area contributed by atoms with Crippen molar-refractivity contribution >= 4 is 38.5 Å². The number of anilines is 2. The van der Waals surface area contributed by atoms with E-state index in [0.717, 1.165) is 12.8 Å². The summed E-state index contributed by atoms with van der Waals surface area (Å²) in [6.07, 6.45) is 4.29. The number of ether oxygens (including phenoxy) is 1. The molecule has 0 aliphatic carbocycles. The van der Waals surface area contributed by atoms with Crippen molar-refractivity contribution in [3.63, 3.8) is 0 Å². The van der Waals surface area contributed by atoms with Crippen LogP contribution in [0, 0.1) is 5.82 Å². The van der Waals surface area contributed by atoms with Crippen LogP contribution in [0.1, 0.15) is 28.8 Å². The average Bonchev–Trinajstić information content (AvgIpc) is 3.46. The largest absolute Gasteiger partial charge is 0.383 e. The number of rotatable bonds is 9. The van der Waals surface area contributed by atoms with Crippen molar-refractivity contribution in [2.45, 2.75) is 12.8 Å². The van der Waals surface area contributed by atoms with Gasteiger partial charge >= 0.3 is 10.2 Å². The summed E-state index contributed by atoms with van der Waals surface area (Å²) in [5.74, 6) is -1.16.